The van der Waals surface area contributed by atoms with Crippen LogP contribution in [0.1, 0.15) is 11.1 Å². The highest BCUT2D eigenvalue weighted by Crippen LogP contribution is 2.39. The minimum absolute atomic E-state index is 0.0149. The van der Waals surface area contributed by atoms with Crippen LogP contribution in [0, 0.1) is 11.3 Å². The Morgan fingerprint density at radius 3 is 2.40 bits per heavy atom. The average molecular weight is 389 g/mol. The van der Waals surface area contributed by atoms with Gasteiger partial charge in [0.05, 0.1) is 22.1 Å². The molecule has 2 aromatic rings. The number of sulfonamides is 1. The first-order valence-corrected chi connectivity index (χ1v) is 8.99. The number of halogens is 4. The lowest BCUT2D eigenvalue weighted by atomic mass is 9.95. The van der Waals surface area contributed by atoms with Crippen LogP contribution >= 0.6 is 11.6 Å². The van der Waals surface area contributed by atoms with Gasteiger partial charge in [-0.2, -0.15) is 18.4 Å². The summed E-state index contributed by atoms with van der Waals surface area (Å²) in [6, 6.07) is 10.3. The Bertz CT molecular complexity index is 922. The van der Waals surface area contributed by atoms with Gasteiger partial charge in [0.2, 0.25) is 10.0 Å². The summed E-state index contributed by atoms with van der Waals surface area (Å²) in [5.74, 6) is -0.0149. The van der Waals surface area contributed by atoms with E-state index in [9.17, 15) is 21.6 Å². The van der Waals surface area contributed by atoms with Gasteiger partial charge >= 0.3 is 6.18 Å². The number of alkyl halides is 4. The van der Waals surface area contributed by atoms with Crippen molar-refractivity contribution in [3.8, 4) is 17.2 Å². The summed E-state index contributed by atoms with van der Waals surface area (Å²) >= 11 is 5.40. The maximum absolute atomic E-state index is 13.5. The number of benzene rings is 2. The predicted molar refractivity (Wildman–Crippen MR) is 87.5 cm³/mol. The molecule has 0 aliphatic carbocycles. The third-order valence-electron chi connectivity index (χ3n) is 3.33. The molecule has 0 saturated heterocycles. The van der Waals surface area contributed by atoms with E-state index >= 15 is 0 Å². The third kappa shape index (κ3) is 4.31. The summed E-state index contributed by atoms with van der Waals surface area (Å²) in [4.78, 5) is -0.525. The second-order valence-corrected chi connectivity index (χ2v) is 7.09. The molecule has 0 aliphatic rings. The fourth-order valence-electron chi connectivity index (χ4n) is 2.23. The van der Waals surface area contributed by atoms with Gasteiger partial charge in [0.25, 0.3) is 0 Å². The maximum Gasteiger partial charge on any atom is 0.417 e. The van der Waals surface area contributed by atoms with Crippen molar-refractivity contribution in [3.63, 3.8) is 0 Å². The summed E-state index contributed by atoms with van der Waals surface area (Å²) in [6.45, 7) is -0.107. The molecule has 0 radical (unpaired) electrons. The van der Waals surface area contributed by atoms with Crippen molar-refractivity contribution in [1.29, 1.82) is 5.26 Å². The van der Waals surface area contributed by atoms with Gasteiger partial charge in [-0.1, -0.05) is 24.3 Å². The van der Waals surface area contributed by atoms with E-state index in [2.05, 4.69) is 4.72 Å². The highest BCUT2D eigenvalue weighted by Gasteiger charge is 2.35. The van der Waals surface area contributed by atoms with Crippen LogP contribution in [0.4, 0.5) is 13.2 Å². The molecular formula is C16H12ClF3N2O2S. The lowest BCUT2D eigenvalue weighted by Crippen LogP contribution is -2.26. The van der Waals surface area contributed by atoms with Gasteiger partial charge in [-0.3, -0.25) is 0 Å². The maximum atomic E-state index is 13.5. The first-order valence-electron chi connectivity index (χ1n) is 6.97. The second kappa shape index (κ2) is 7.44. The van der Waals surface area contributed by atoms with Crippen molar-refractivity contribution in [1.82, 2.24) is 4.72 Å². The fourth-order valence-corrected chi connectivity index (χ4v) is 3.50. The molecule has 0 bridgehead atoms. The molecule has 2 rings (SSSR count). The Kier molecular flexibility index (Phi) is 5.72. The molecule has 0 amide bonds. The van der Waals surface area contributed by atoms with Gasteiger partial charge in [0.15, 0.2) is 0 Å². The fraction of sp³-hybridized carbons (Fsp3) is 0.188. The molecule has 132 valence electrons. The summed E-state index contributed by atoms with van der Waals surface area (Å²) in [5.41, 5.74) is -1.26. The van der Waals surface area contributed by atoms with E-state index < -0.39 is 26.7 Å². The molecule has 0 aromatic heterocycles. The number of hydrogen-bond donors (Lipinski definition) is 1. The lowest BCUT2D eigenvalue weighted by molar-refractivity contribution is -0.137. The molecular weight excluding hydrogens is 377 g/mol. The molecule has 0 aliphatic heterocycles. The number of nitrogens with one attached hydrogen (secondary N) is 1. The Labute approximate surface area is 147 Å². The predicted octanol–water partition coefficient (Wildman–Crippen LogP) is 3.76. The smallest absolute Gasteiger partial charge is 0.210 e. The molecule has 0 unspecified atom stereocenters. The van der Waals surface area contributed by atoms with Crippen molar-refractivity contribution in [3.05, 3.63) is 53.6 Å². The number of nitriles is 1. The number of nitrogens with zero attached hydrogens (tertiary/aromatic N) is 1. The first kappa shape index (κ1) is 19.2. The van der Waals surface area contributed by atoms with E-state index in [-0.39, 0.29) is 29.1 Å². The van der Waals surface area contributed by atoms with E-state index in [1.165, 1.54) is 24.3 Å². The molecule has 0 fully saturated rings. The van der Waals surface area contributed by atoms with Gasteiger partial charge in [-0.15, -0.1) is 11.6 Å². The Balaban J connectivity index is 2.67. The Hall–Kier alpha value is -2.08. The van der Waals surface area contributed by atoms with E-state index in [4.69, 9.17) is 16.9 Å². The molecule has 1 N–H and O–H groups in total. The van der Waals surface area contributed by atoms with Gasteiger partial charge < -0.3 is 0 Å². The van der Waals surface area contributed by atoms with Crippen LogP contribution in [0.5, 0.6) is 0 Å². The highest BCUT2D eigenvalue weighted by atomic mass is 35.5. The van der Waals surface area contributed by atoms with Crippen molar-refractivity contribution in [2.45, 2.75) is 11.1 Å². The zero-order chi connectivity index (χ0) is 18.7. The van der Waals surface area contributed by atoms with Gasteiger partial charge in [0.1, 0.15) is 0 Å². The van der Waals surface area contributed by atoms with Crippen LogP contribution in [0.15, 0.2) is 47.4 Å². The SMILES string of the molecule is N#Cc1ccccc1-c1ccc(S(=O)(=O)NCCCl)cc1C(F)(F)F. The van der Waals surface area contributed by atoms with Crippen LogP contribution in [-0.4, -0.2) is 20.8 Å². The van der Waals surface area contributed by atoms with E-state index in [1.54, 1.807) is 0 Å². The van der Waals surface area contributed by atoms with Crippen molar-refractivity contribution >= 4 is 21.6 Å². The van der Waals surface area contributed by atoms with Crippen molar-refractivity contribution in [2.24, 2.45) is 0 Å². The highest BCUT2D eigenvalue weighted by molar-refractivity contribution is 7.89. The quantitative estimate of drug-likeness (QED) is 0.793. The average Bonchev–Trinajstić information content (AvgIpc) is 2.58. The minimum atomic E-state index is -4.80. The van der Waals surface area contributed by atoms with Gasteiger partial charge in [0, 0.05) is 18.0 Å². The second-order valence-electron chi connectivity index (χ2n) is 4.95. The Morgan fingerprint density at radius 1 is 1.12 bits per heavy atom. The number of hydrogen-bond acceptors (Lipinski definition) is 3. The van der Waals surface area contributed by atoms with Crippen LogP contribution in [-0.2, 0) is 16.2 Å². The topological polar surface area (TPSA) is 70.0 Å². The van der Waals surface area contributed by atoms with Gasteiger partial charge in [-0.25, -0.2) is 13.1 Å². The molecule has 0 atom stereocenters. The molecule has 0 saturated carbocycles. The molecule has 4 nitrogen and oxygen atoms in total. The standard InChI is InChI=1S/C16H12ClF3N2O2S/c17-7-8-22-25(23,24)12-5-6-14(15(9-12)16(18,19)20)13-4-2-1-3-11(13)10-21/h1-6,9,22H,7-8H2. The van der Waals surface area contributed by atoms with Crippen LogP contribution in [0.2, 0.25) is 0 Å². The Morgan fingerprint density at radius 2 is 1.80 bits per heavy atom. The molecule has 25 heavy (non-hydrogen) atoms. The van der Waals surface area contributed by atoms with E-state index in [0.29, 0.717) is 6.07 Å². The zero-order valence-electron chi connectivity index (χ0n) is 12.6. The molecule has 2 aromatic carbocycles. The molecule has 0 spiro atoms. The summed E-state index contributed by atoms with van der Waals surface area (Å²) in [6.07, 6.45) is -4.80. The summed E-state index contributed by atoms with van der Waals surface area (Å²) in [7, 11) is -4.12. The van der Waals surface area contributed by atoms with Crippen molar-refractivity contribution < 1.29 is 21.6 Å². The largest absolute Gasteiger partial charge is 0.417 e. The van der Waals surface area contributed by atoms with Crippen LogP contribution in [0.25, 0.3) is 11.1 Å². The zero-order valence-corrected chi connectivity index (χ0v) is 14.2. The van der Waals surface area contributed by atoms with E-state index in [0.717, 1.165) is 12.1 Å². The normalized spacial score (nSPS) is 12.0. The minimum Gasteiger partial charge on any atom is -0.210 e. The first-order chi connectivity index (χ1) is 11.7. The van der Waals surface area contributed by atoms with Crippen molar-refractivity contribution in [2.75, 3.05) is 12.4 Å². The van der Waals surface area contributed by atoms with Gasteiger partial charge in [-0.05, 0) is 23.8 Å². The molecule has 0 heterocycles. The lowest BCUT2D eigenvalue weighted by Gasteiger charge is -2.16. The van der Waals surface area contributed by atoms with E-state index in [1.807, 2.05) is 6.07 Å². The monoisotopic (exact) mass is 388 g/mol. The van der Waals surface area contributed by atoms with Crippen LogP contribution < -0.4 is 4.72 Å². The third-order valence-corrected chi connectivity index (χ3v) is 4.98. The summed E-state index contributed by atoms with van der Waals surface area (Å²) in [5, 5.41) is 9.10. The number of rotatable bonds is 5. The van der Waals surface area contributed by atoms with Crippen LogP contribution in [0.3, 0.4) is 0 Å². The molecule has 9 heteroatoms. The summed E-state index contributed by atoms with van der Waals surface area (Å²) < 4.78 is 66.6.